The van der Waals surface area contributed by atoms with Gasteiger partial charge in [-0.25, -0.2) is 13.9 Å². The summed E-state index contributed by atoms with van der Waals surface area (Å²) in [7, 11) is 0. The molecule has 0 unspecified atom stereocenters. The van der Waals surface area contributed by atoms with Crippen molar-refractivity contribution < 1.29 is 19.0 Å². The molecule has 0 saturated carbocycles. The molecule has 0 radical (unpaired) electrons. The Kier molecular flexibility index (Phi) is 6.23. The predicted octanol–water partition coefficient (Wildman–Crippen LogP) is 6.02. The van der Waals surface area contributed by atoms with E-state index in [4.69, 9.17) is 26.5 Å². The quantitative estimate of drug-likeness (QED) is 0.373. The topological polar surface area (TPSA) is 64.3 Å². The number of carboxylic acid groups (broad SMARTS) is 1. The minimum Gasteiger partial charge on any atom is -0.481 e. The first-order valence-corrected chi connectivity index (χ1v) is 10.4. The second-order valence-electron chi connectivity index (χ2n) is 7.18. The molecular formula is C25H20ClFN2O3. The van der Waals surface area contributed by atoms with Crippen molar-refractivity contribution >= 4 is 17.6 Å². The second kappa shape index (κ2) is 9.24. The third-order valence-electron chi connectivity index (χ3n) is 4.98. The molecule has 1 heterocycles. The highest BCUT2D eigenvalue weighted by molar-refractivity contribution is 6.30. The minimum atomic E-state index is -1.06. The van der Waals surface area contributed by atoms with Gasteiger partial charge in [0.15, 0.2) is 6.61 Å². The molecule has 4 aromatic rings. The monoisotopic (exact) mass is 450 g/mol. The molecule has 0 fully saturated rings. The number of benzene rings is 3. The standard InChI is InChI=1S/C25H20ClFN2O3/c1-2-16-6-11-24(32-15-25(30)31)21(12-16)22-14-23(17-7-9-19(27)10-8-17)29(28-22)20-5-3-4-18(26)13-20/h3-14H,2,15H2,1H3,(H,30,31). The van der Waals surface area contributed by atoms with Crippen LogP contribution < -0.4 is 4.74 Å². The number of hydrogen-bond donors (Lipinski definition) is 1. The fourth-order valence-corrected chi connectivity index (χ4v) is 3.59. The van der Waals surface area contributed by atoms with Gasteiger partial charge >= 0.3 is 5.97 Å². The molecule has 7 heteroatoms. The van der Waals surface area contributed by atoms with Gasteiger partial charge in [-0.1, -0.05) is 30.7 Å². The lowest BCUT2D eigenvalue weighted by Crippen LogP contribution is -2.10. The van der Waals surface area contributed by atoms with Gasteiger partial charge in [0.25, 0.3) is 0 Å². The normalized spacial score (nSPS) is 10.8. The van der Waals surface area contributed by atoms with Gasteiger partial charge in [0.2, 0.25) is 0 Å². The summed E-state index contributed by atoms with van der Waals surface area (Å²) in [5.41, 5.74) is 4.57. The molecule has 0 bridgehead atoms. The Hall–Kier alpha value is -3.64. The van der Waals surface area contributed by atoms with E-state index >= 15 is 0 Å². The molecule has 0 aliphatic carbocycles. The van der Waals surface area contributed by atoms with E-state index in [9.17, 15) is 9.18 Å². The summed E-state index contributed by atoms with van der Waals surface area (Å²) in [6.45, 7) is 1.57. The van der Waals surface area contributed by atoms with Crippen LogP contribution in [0, 0.1) is 5.82 Å². The van der Waals surface area contributed by atoms with Gasteiger partial charge in [-0.3, -0.25) is 0 Å². The maximum atomic E-state index is 13.5. The Labute approximate surface area is 189 Å². The molecule has 32 heavy (non-hydrogen) atoms. The summed E-state index contributed by atoms with van der Waals surface area (Å²) in [5, 5.41) is 14.4. The average Bonchev–Trinajstić information content (AvgIpc) is 3.23. The maximum absolute atomic E-state index is 13.5. The highest BCUT2D eigenvalue weighted by Gasteiger charge is 2.17. The van der Waals surface area contributed by atoms with Crippen molar-refractivity contribution in [1.82, 2.24) is 9.78 Å². The minimum absolute atomic E-state index is 0.331. The van der Waals surface area contributed by atoms with E-state index in [-0.39, 0.29) is 5.82 Å². The van der Waals surface area contributed by atoms with Crippen LogP contribution in [0.4, 0.5) is 4.39 Å². The molecule has 1 N–H and O–H groups in total. The first kappa shape index (κ1) is 21.6. The van der Waals surface area contributed by atoms with Crippen LogP contribution in [-0.4, -0.2) is 27.5 Å². The number of rotatable bonds is 7. The van der Waals surface area contributed by atoms with E-state index in [1.165, 1.54) is 12.1 Å². The van der Waals surface area contributed by atoms with Gasteiger partial charge in [0.05, 0.1) is 17.1 Å². The van der Waals surface area contributed by atoms with Gasteiger partial charge in [-0.05, 0) is 72.6 Å². The van der Waals surface area contributed by atoms with Gasteiger partial charge in [-0.2, -0.15) is 5.10 Å². The highest BCUT2D eigenvalue weighted by atomic mass is 35.5. The fraction of sp³-hybridized carbons (Fsp3) is 0.120. The van der Waals surface area contributed by atoms with Crippen LogP contribution in [0.2, 0.25) is 5.02 Å². The molecular weight excluding hydrogens is 431 g/mol. The third-order valence-corrected chi connectivity index (χ3v) is 5.22. The summed E-state index contributed by atoms with van der Waals surface area (Å²) in [5.74, 6) is -0.972. The largest absolute Gasteiger partial charge is 0.481 e. The zero-order valence-corrected chi connectivity index (χ0v) is 18.0. The average molecular weight is 451 g/mol. The van der Waals surface area contributed by atoms with Crippen molar-refractivity contribution in [3.05, 3.63) is 89.2 Å². The number of carbonyl (C=O) groups is 1. The number of aryl methyl sites for hydroxylation is 1. The number of ether oxygens (including phenoxy) is 1. The van der Waals surface area contributed by atoms with E-state index < -0.39 is 12.6 Å². The van der Waals surface area contributed by atoms with E-state index in [0.29, 0.717) is 22.0 Å². The zero-order valence-electron chi connectivity index (χ0n) is 17.3. The molecule has 5 nitrogen and oxygen atoms in total. The summed E-state index contributed by atoms with van der Waals surface area (Å²) >= 11 is 6.21. The van der Waals surface area contributed by atoms with Crippen LogP contribution in [0.15, 0.2) is 72.8 Å². The van der Waals surface area contributed by atoms with Crippen LogP contribution in [0.25, 0.3) is 28.2 Å². The SMILES string of the molecule is CCc1ccc(OCC(=O)O)c(-c2cc(-c3ccc(F)cc3)n(-c3cccc(Cl)c3)n2)c1. The lowest BCUT2D eigenvalue weighted by molar-refractivity contribution is -0.139. The van der Waals surface area contributed by atoms with Gasteiger partial charge in [0, 0.05) is 16.1 Å². The van der Waals surface area contributed by atoms with Crippen LogP contribution in [0.5, 0.6) is 5.75 Å². The smallest absolute Gasteiger partial charge is 0.341 e. The van der Waals surface area contributed by atoms with Crippen molar-refractivity contribution in [1.29, 1.82) is 0 Å². The van der Waals surface area contributed by atoms with Crippen molar-refractivity contribution in [2.24, 2.45) is 0 Å². The van der Waals surface area contributed by atoms with Gasteiger partial charge in [0.1, 0.15) is 11.6 Å². The third kappa shape index (κ3) is 4.65. The van der Waals surface area contributed by atoms with Crippen LogP contribution in [0.3, 0.4) is 0 Å². The molecule has 3 aromatic carbocycles. The van der Waals surface area contributed by atoms with Crippen LogP contribution in [-0.2, 0) is 11.2 Å². The summed E-state index contributed by atoms with van der Waals surface area (Å²) < 4.78 is 20.8. The van der Waals surface area contributed by atoms with Crippen LogP contribution in [0.1, 0.15) is 12.5 Å². The van der Waals surface area contributed by atoms with Crippen molar-refractivity contribution in [2.75, 3.05) is 6.61 Å². The van der Waals surface area contributed by atoms with Crippen LogP contribution >= 0.6 is 11.6 Å². The molecule has 0 spiro atoms. The first-order chi connectivity index (χ1) is 15.4. The Bertz CT molecular complexity index is 1270. The molecule has 1 aromatic heterocycles. The second-order valence-corrected chi connectivity index (χ2v) is 7.62. The Morgan fingerprint density at radius 2 is 1.88 bits per heavy atom. The Morgan fingerprint density at radius 1 is 1.09 bits per heavy atom. The number of halogens is 2. The summed E-state index contributed by atoms with van der Waals surface area (Å²) in [6.07, 6.45) is 0.798. The molecule has 0 saturated heterocycles. The zero-order chi connectivity index (χ0) is 22.7. The Balaban J connectivity index is 1.90. The molecule has 0 atom stereocenters. The summed E-state index contributed by atoms with van der Waals surface area (Å²) in [6, 6.07) is 20.9. The van der Waals surface area contributed by atoms with Gasteiger partial charge < -0.3 is 9.84 Å². The van der Waals surface area contributed by atoms with Gasteiger partial charge in [-0.15, -0.1) is 0 Å². The number of aromatic nitrogens is 2. The highest BCUT2D eigenvalue weighted by Crippen LogP contribution is 2.35. The van der Waals surface area contributed by atoms with E-state index in [2.05, 4.69) is 0 Å². The molecule has 0 aliphatic rings. The predicted molar refractivity (Wildman–Crippen MR) is 122 cm³/mol. The lowest BCUT2D eigenvalue weighted by atomic mass is 10.0. The lowest BCUT2D eigenvalue weighted by Gasteiger charge is -2.10. The van der Waals surface area contributed by atoms with E-state index in [0.717, 1.165) is 28.9 Å². The van der Waals surface area contributed by atoms with Crippen molar-refractivity contribution in [2.45, 2.75) is 13.3 Å². The molecule has 0 aliphatic heterocycles. The number of hydrogen-bond acceptors (Lipinski definition) is 3. The maximum Gasteiger partial charge on any atom is 0.341 e. The number of aliphatic carboxylic acids is 1. The van der Waals surface area contributed by atoms with Crippen molar-refractivity contribution in [3.8, 4) is 34.0 Å². The number of carboxylic acids is 1. The number of nitrogens with zero attached hydrogens (tertiary/aromatic N) is 2. The molecule has 0 amide bonds. The first-order valence-electron chi connectivity index (χ1n) is 10.0. The molecule has 4 rings (SSSR count). The van der Waals surface area contributed by atoms with E-state index in [1.807, 2.05) is 37.3 Å². The Morgan fingerprint density at radius 3 is 2.56 bits per heavy atom. The van der Waals surface area contributed by atoms with E-state index in [1.54, 1.807) is 35.0 Å². The fourth-order valence-electron chi connectivity index (χ4n) is 3.41. The van der Waals surface area contributed by atoms with Crippen molar-refractivity contribution in [3.63, 3.8) is 0 Å². The summed E-state index contributed by atoms with van der Waals surface area (Å²) in [4.78, 5) is 11.0. The molecule has 162 valence electrons.